The van der Waals surface area contributed by atoms with Crippen LogP contribution >= 0.6 is 0 Å². The maximum absolute atomic E-state index is 12.6. The summed E-state index contributed by atoms with van der Waals surface area (Å²) in [6, 6.07) is 8.50. The van der Waals surface area contributed by atoms with Gasteiger partial charge in [-0.05, 0) is 25.3 Å². The van der Waals surface area contributed by atoms with E-state index in [4.69, 9.17) is 0 Å². The average Bonchev–Trinajstić information content (AvgIpc) is 3.39. The molecule has 1 N–H and O–H groups in total. The molecule has 2 aromatic heterocycles. The third kappa shape index (κ3) is 3.92. The smallest absolute Gasteiger partial charge is 0.224 e. The molecule has 0 spiro atoms. The SMILES string of the molecule is Cc1ccc(-c2cn[nH]c2[C@@H]2CCCN(C(=O)CCn3cnnc3)C2)cc1. The van der Waals surface area contributed by atoms with Crippen LogP contribution < -0.4 is 0 Å². The number of benzene rings is 1. The van der Waals surface area contributed by atoms with E-state index in [2.05, 4.69) is 51.6 Å². The van der Waals surface area contributed by atoms with Gasteiger partial charge >= 0.3 is 0 Å². The Morgan fingerprint density at radius 2 is 2.00 bits per heavy atom. The Bertz CT molecular complexity index is 884. The van der Waals surface area contributed by atoms with E-state index >= 15 is 0 Å². The number of rotatable bonds is 5. The zero-order valence-corrected chi connectivity index (χ0v) is 15.5. The summed E-state index contributed by atoms with van der Waals surface area (Å²) in [4.78, 5) is 14.6. The fourth-order valence-electron chi connectivity index (χ4n) is 3.73. The van der Waals surface area contributed by atoms with E-state index in [1.807, 2.05) is 15.7 Å². The van der Waals surface area contributed by atoms with E-state index < -0.39 is 0 Å². The van der Waals surface area contributed by atoms with Crippen LogP contribution in [0.5, 0.6) is 0 Å². The molecule has 1 amide bonds. The maximum atomic E-state index is 12.6. The number of hydrogen-bond acceptors (Lipinski definition) is 4. The predicted molar refractivity (Wildman–Crippen MR) is 102 cm³/mol. The van der Waals surface area contributed by atoms with E-state index in [1.165, 1.54) is 11.1 Å². The molecule has 27 heavy (non-hydrogen) atoms. The molecule has 1 aliphatic heterocycles. The van der Waals surface area contributed by atoms with Gasteiger partial charge in [-0.2, -0.15) is 5.10 Å². The fraction of sp³-hybridized carbons (Fsp3) is 0.400. The van der Waals surface area contributed by atoms with Crippen LogP contribution in [0, 0.1) is 6.92 Å². The van der Waals surface area contributed by atoms with Crippen molar-refractivity contribution in [1.29, 1.82) is 0 Å². The lowest BCUT2D eigenvalue weighted by atomic mass is 9.90. The third-order valence-electron chi connectivity index (χ3n) is 5.26. The Morgan fingerprint density at radius 3 is 2.78 bits per heavy atom. The number of hydrogen-bond donors (Lipinski definition) is 1. The number of nitrogens with one attached hydrogen (secondary N) is 1. The second kappa shape index (κ2) is 7.73. The number of aromatic nitrogens is 5. The molecule has 1 aromatic carbocycles. The van der Waals surface area contributed by atoms with Crippen LogP contribution in [0.25, 0.3) is 11.1 Å². The van der Waals surface area contributed by atoms with Crippen molar-refractivity contribution in [3.8, 4) is 11.1 Å². The number of piperidine rings is 1. The maximum Gasteiger partial charge on any atom is 0.224 e. The van der Waals surface area contributed by atoms with Crippen LogP contribution in [0.15, 0.2) is 43.1 Å². The van der Waals surface area contributed by atoms with E-state index in [0.717, 1.165) is 37.2 Å². The summed E-state index contributed by atoms with van der Waals surface area (Å²) in [5, 5.41) is 15.0. The Kier molecular flexibility index (Phi) is 5.00. The van der Waals surface area contributed by atoms with Crippen LogP contribution in [0.2, 0.25) is 0 Å². The number of amides is 1. The van der Waals surface area contributed by atoms with Gasteiger partial charge in [0.2, 0.25) is 5.91 Å². The number of carbonyl (C=O) groups is 1. The van der Waals surface area contributed by atoms with E-state index in [9.17, 15) is 4.79 Å². The largest absolute Gasteiger partial charge is 0.342 e. The molecule has 7 heteroatoms. The molecule has 3 aromatic rings. The summed E-state index contributed by atoms with van der Waals surface area (Å²) < 4.78 is 1.84. The van der Waals surface area contributed by atoms with Crippen molar-refractivity contribution in [2.75, 3.05) is 13.1 Å². The number of nitrogens with zero attached hydrogens (tertiary/aromatic N) is 5. The highest BCUT2D eigenvalue weighted by molar-refractivity contribution is 5.76. The number of H-pyrrole nitrogens is 1. The second-order valence-electron chi connectivity index (χ2n) is 7.19. The number of carbonyl (C=O) groups excluding carboxylic acids is 1. The van der Waals surface area contributed by atoms with Gasteiger partial charge in [-0.15, -0.1) is 10.2 Å². The first kappa shape index (κ1) is 17.5. The summed E-state index contributed by atoms with van der Waals surface area (Å²) in [6.45, 7) is 4.27. The van der Waals surface area contributed by atoms with Crippen molar-refractivity contribution < 1.29 is 4.79 Å². The number of likely N-dealkylation sites (tertiary alicyclic amines) is 1. The minimum absolute atomic E-state index is 0.185. The Labute approximate surface area is 158 Å². The topological polar surface area (TPSA) is 79.7 Å². The van der Waals surface area contributed by atoms with Gasteiger partial charge in [-0.1, -0.05) is 29.8 Å². The lowest BCUT2D eigenvalue weighted by Crippen LogP contribution is -2.39. The summed E-state index contributed by atoms with van der Waals surface area (Å²) in [5.41, 5.74) is 4.68. The summed E-state index contributed by atoms with van der Waals surface area (Å²) in [6.07, 6.45) is 7.73. The highest BCUT2D eigenvalue weighted by Crippen LogP contribution is 2.33. The van der Waals surface area contributed by atoms with E-state index in [0.29, 0.717) is 13.0 Å². The van der Waals surface area contributed by atoms with Crippen molar-refractivity contribution >= 4 is 5.91 Å². The molecule has 0 saturated carbocycles. The lowest BCUT2D eigenvalue weighted by molar-refractivity contribution is -0.132. The van der Waals surface area contributed by atoms with Gasteiger partial charge in [-0.25, -0.2) is 0 Å². The Balaban J connectivity index is 1.45. The molecule has 7 nitrogen and oxygen atoms in total. The first-order valence-electron chi connectivity index (χ1n) is 9.41. The van der Waals surface area contributed by atoms with Gasteiger partial charge in [0.15, 0.2) is 0 Å². The zero-order chi connectivity index (χ0) is 18.6. The highest BCUT2D eigenvalue weighted by Gasteiger charge is 2.27. The Hall–Kier alpha value is -2.96. The number of aryl methyl sites for hydroxylation is 2. The fourth-order valence-corrected chi connectivity index (χ4v) is 3.73. The normalized spacial score (nSPS) is 17.2. The quantitative estimate of drug-likeness (QED) is 0.755. The summed E-state index contributed by atoms with van der Waals surface area (Å²) in [7, 11) is 0. The molecule has 1 atom stereocenters. The minimum atomic E-state index is 0.185. The average molecular weight is 364 g/mol. The molecule has 0 bridgehead atoms. The molecule has 4 rings (SSSR count). The van der Waals surface area contributed by atoms with Gasteiger partial charge in [0.25, 0.3) is 0 Å². The molecule has 1 fully saturated rings. The van der Waals surface area contributed by atoms with Crippen molar-refractivity contribution in [2.24, 2.45) is 0 Å². The predicted octanol–water partition coefficient (Wildman–Crippen LogP) is 2.77. The monoisotopic (exact) mass is 364 g/mol. The molecule has 1 saturated heterocycles. The van der Waals surface area contributed by atoms with Crippen molar-refractivity contribution in [3.05, 3.63) is 54.4 Å². The molecule has 1 aliphatic rings. The standard InChI is InChI=1S/C20H24N6O/c1-15-4-6-16(7-5-15)18-11-21-24-20(18)17-3-2-9-26(12-17)19(27)8-10-25-13-22-23-14-25/h4-7,11,13-14,17H,2-3,8-10,12H2,1H3,(H,21,24)/t17-/m1/s1. The molecule has 0 unspecified atom stereocenters. The van der Waals surface area contributed by atoms with Gasteiger partial charge in [-0.3, -0.25) is 9.89 Å². The van der Waals surface area contributed by atoms with Crippen LogP contribution in [-0.4, -0.2) is 48.9 Å². The van der Waals surface area contributed by atoms with Gasteiger partial charge in [0, 0.05) is 43.2 Å². The van der Waals surface area contributed by atoms with Crippen LogP contribution in [-0.2, 0) is 11.3 Å². The van der Waals surface area contributed by atoms with Gasteiger partial charge < -0.3 is 9.47 Å². The molecule has 0 aliphatic carbocycles. The molecule has 0 radical (unpaired) electrons. The second-order valence-corrected chi connectivity index (χ2v) is 7.19. The van der Waals surface area contributed by atoms with E-state index in [1.54, 1.807) is 12.7 Å². The van der Waals surface area contributed by atoms with Gasteiger partial charge in [0.05, 0.1) is 6.20 Å². The first-order chi connectivity index (χ1) is 13.2. The third-order valence-corrected chi connectivity index (χ3v) is 5.26. The Morgan fingerprint density at radius 1 is 1.22 bits per heavy atom. The highest BCUT2D eigenvalue weighted by atomic mass is 16.2. The van der Waals surface area contributed by atoms with Crippen LogP contribution in [0.1, 0.15) is 36.4 Å². The van der Waals surface area contributed by atoms with Crippen LogP contribution in [0.4, 0.5) is 0 Å². The lowest BCUT2D eigenvalue weighted by Gasteiger charge is -2.33. The molecular weight excluding hydrogens is 340 g/mol. The van der Waals surface area contributed by atoms with Crippen LogP contribution in [0.3, 0.4) is 0 Å². The minimum Gasteiger partial charge on any atom is -0.342 e. The van der Waals surface area contributed by atoms with Crippen molar-refractivity contribution in [2.45, 2.75) is 38.6 Å². The van der Waals surface area contributed by atoms with Crippen molar-refractivity contribution in [1.82, 2.24) is 29.9 Å². The molecule has 3 heterocycles. The number of aromatic amines is 1. The summed E-state index contributed by atoms with van der Waals surface area (Å²) in [5.74, 6) is 0.473. The van der Waals surface area contributed by atoms with Gasteiger partial charge in [0.1, 0.15) is 12.7 Å². The molecule has 140 valence electrons. The van der Waals surface area contributed by atoms with E-state index in [-0.39, 0.29) is 11.8 Å². The zero-order valence-electron chi connectivity index (χ0n) is 15.5. The van der Waals surface area contributed by atoms with Crippen molar-refractivity contribution in [3.63, 3.8) is 0 Å². The first-order valence-corrected chi connectivity index (χ1v) is 9.41. The molecular formula is C20H24N6O. The summed E-state index contributed by atoms with van der Waals surface area (Å²) >= 11 is 0.